The van der Waals surface area contributed by atoms with Gasteiger partial charge < -0.3 is 5.11 Å². The number of hydrogen-bond donors (Lipinski definition) is 1. The standard InChI is InChI=1S/C19H29NO/c21-19(14-17-8-3-1-4-9-17)12-7-13-20(16-19)15-18-10-5-2-6-11-18/h2,5-6,10-11,17,21H,1,3-4,7-9,12-16H2. The van der Waals surface area contributed by atoms with Crippen LogP contribution in [0.3, 0.4) is 0 Å². The fourth-order valence-electron chi connectivity index (χ4n) is 4.28. The number of piperidine rings is 1. The summed E-state index contributed by atoms with van der Waals surface area (Å²) >= 11 is 0. The number of hydrogen-bond acceptors (Lipinski definition) is 2. The van der Waals surface area contributed by atoms with Crippen LogP contribution >= 0.6 is 0 Å². The molecule has 0 radical (unpaired) electrons. The Labute approximate surface area is 129 Å². The van der Waals surface area contributed by atoms with E-state index in [9.17, 15) is 5.11 Å². The zero-order valence-electron chi connectivity index (χ0n) is 13.1. The number of rotatable bonds is 4. The molecule has 0 aromatic heterocycles. The Hall–Kier alpha value is -0.860. The predicted octanol–water partition coefficient (Wildman–Crippen LogP) is 3.98. The molecule has 2 nitrogen and oxygen atoms in total. The number of aliphatic hydroxyl groups is 1. The van der Waals surface area contributed by atoms with Gasteiger partial charge in [0.05, 0.1) is 5.60 Å². The van der Waals surface area contributed by atoms with Gasteiger partial charge in [-0.2, -0.15) is 0 Å². The fourth-order valence-corrected chi connectivity index (χ4v) is 4.28. The lowest BCUT2D eigenvalue weighted by atomic mass is 9.78. The van der Waals surface area contributed by atoms with Crippen LogP contribution in [0.25, 0.3) is 0 Å². The second kappa shape index (κ2) is 6.93. The van der Waals surface area contributed by atoms with Crippen molar-refractivity contribution in [3.05, 3.63) is 35.9 Å². The third-order valence-corrected chi connectivity index (χ3v) is 5.28. The summed E-state index contributed by atoms with van der Waals surface area (Å²) in [4.78, 5) is 2.45. The first-order valence-corrected chi connectivity index (χ1v) is 8.72. The molecule has 2 fully saturated rings. The van der Waals surface area contributed by atoms with Gasteiger partial charge in [0, 0.05) is 13.1 Å². The Kier molecular flexibility index (Phi) is 4.97. The third kappa shape index (κ3) is 4.31. The molecule has 1 N–H and O–H groups in total. The molecule has 1 aliphatic carbocycles. The summed E-state index contributed by atoms with van der Waals surface area (Å²) in [6, 6.07) is 10.7. The molecule has 1 saturated heterocycles. The highest BCUT2D eigenvalue weighted by molar-refractivity contribution is 5.14. The van der Waals surface area contributed by atoms with Crippen molar-refractivity contribution < 1.29 is 5.11 Å². The van der Waals surface area contributed by atoms with Crippen molar-refractivity contribution in [2.24, 2.45) is 5.92 Å². The minimum atomic E-state index is -0.435. The summed E-state index contributed by atoms with van der Waals surface area (Å²) in [6.07, 6.45) is 9.96. The van der Waals surface area contributed by atoms with E-state index in [1.54, 1.807) is 0 Å². The second-order valence-corrected chi connectivity index (χ2v) is 7.23. The average molecular weight is 287 g/mol. The van der Waals surface area contributed by atoms with E-state index >= 15 is 0 Å². The van der Waals surface area contributed by atoms with Crippen LogP contribution in [0.4, 0.5) is 0 Å². The molecule has 1 saturated carbocycles. The molecule has 1 aliphatic heterocycles. The Morgan fingerprint density at radius 3 is 2.57 bits per heavy atom. The Morgan fingerprint density at radius 1 is 1.05 bits per heavy atom. The van der Waals surface area contributed by atoms with Crippen LogP contribution in [-0.2, 0) is 6.54 Å². The highest BCUT2D eigenvalue weighted by atomic mass is 16.3. The van der Waals surface area contributed by atoms with E-state index in [2.05, 4.69) is 35.2 Å². The van der Waals surface area contributed by atoms with Crippen molar-refractivity contribution in [2.45, 2.75) is 63.5 Å². The summed E-state index contributed by atoms with van der Waals surface area (Å²) in [5.41, 5.74) is 0.925. The van der Waals surface area contributed by atoms with Gasteiger partial charge in [0.1, 0.15) is 0 Å². The van der Waals surface area contributed by atoms with Crippen LogP contribution in [0, 0.1) is 5.92 Å². The molecule has 3 rings (SSSR count). The number of β-amino-alcohol motifs (C(OH)–C–C–N with tert-alkyl or cyclic N) is 1. The SMILES string of the molecule is OC1(CC2CCCCC2)CCCN(Cc2ccccc2)C1. The van der Waals surface area contributed by atoms with Crippen molar-refractivity contribution >= 4 is 0 Å². The van der Waals surface area contributed by atoms with Crippen LogP contribution < -0.4 is 0 Å². The van der Waals surface area contributed by atoms with Gasteiger partial charge in [-0.05, 0) is 37.3 Å². The van der Waals surface area contributed by atoms with E-state index in [-0.39, 0.29) is 0 Å². The molecule has 0 spiro atoms. The number of likely N-dealkylation sites (tertiary alicyclic amines) is 1. The summed E-state index contributed by atoms with van der Waals surface area (Å²) in [6.45, 7) is 2.97. The van der Waals surface area contributed by atoms with Crippen LogP contribution in [0.1, 0.15) is 56.9 Å². The summed E-state index contributed by atoms with van der Waals surface area (Å²) in [5, 5.41) is 11.0. The van der Waals surface area contributed by atoms with Crippen molar-refractivity contribution in [3.8, 4) is 0 Å². The normalized spacial score (nSPS) is 28.6. The molecular weight excluding hydrogens is 258 g/mol. The van der Waals surface area contributed by atoms with E-state index in [4.69, 9.17) is 0 Å². The van der Waals surface area contributed by atoms with E-state index in [0.717, 1.165) is 44.8 Å². The molecule has 1 aromatic carbocycles. The smallest absolute Gasteiger partial charge is 0.0777 e. The van der Waals surface area contributed by atoms with Crippen molar-refractivity contribution in [1.29, 1.82) is 0 Å². The van der Waals surface area contributed by atoms with E-state index in [1.807, 2.05) is 0 Å². The molecule has 1 unspecified atom stereocenters. The lowest BCUT2D eigenvalue weighted by Gasteiger charge is -2.41. The Morgan fingerprint density at radius 2 is 1.81 bits per heavy atom. The van der Waals surface area contributed by atoms with E-state index in [1.165, 1.54) is 37.7 Å². The lowest BCUT2D eigenvalue weighted by molar-refractivity contribution is -0.0529. The minimum Gasteiger partial charge on any atom is -0.389 e. The van der Waals surface area contributed by atoms with Gasteiger partial charge in [-0.3, -0.25) is 4.90 Å². The molecule has 1 aromatic rings. The zero-order valence-corrected chi connectivity index (χ0v) is 13.1. The second-order valence-electron chi connectivity index (χ2n) is 7.23. The first-order chi connectivity index (χ1) is 10.2. The quantitative estimate of drug-likeness (QED) is 0.905. The van der Waals surface area contributed by atoms with Gasteiger partial charge >= 0.3 is 0 Å². The van der Waals surface area contributed by atoms with Crippen molar-refractivity contribution in [1.82, 2.24) is 4.90 Å². The molecule has 116 valence electrons. The van der Waals surface area contributed by atoms with Gasteiger partial charge in [0.2, 0.25) is 0 Å². The van der Waals surface area contributed by atoms with Crippen LogP contribution in [0.15, 0.2) is 30.3 Å². The Bertz CT molecular complexity index is 426. The third-order valence-electron chi connectivity index (χ3n) is 5.28. The van der Waals surface area contributed by atoms with Gasteiger partial charge in [-0.1, -0.05) is 62.4 Å². The molecular formula is C19H29NO. The topological polar surface area (TPSA) is 23.5 Å². The maximum Gasteiger partial charge on any atom is 0.0777 e. The maximum atomic E-state index is 11.0. The summed E-state index contributed by atoms with van der Waals surface area (Å²) in [7, 11) is 0. The largest absolute Gasteiger partial charge is 0.389 e. The average Bonchev–Trinajstić information content (AvgIpc) is 2.49. The maximum absolute atomic E-state index is 11.0. The minimum absolute atomic E-state index is 0.435. The monoisotopic (exact) mass is 287 g/mol. The van der Waals surface area contributed by atoms with Gasteiger partial charge in [0.25, 0.3) is 0 Å². The first kappa shape index (κ1) is 15.1. The molecule has 1 atom stereocenters. The van der Waals surface area contributed by atoms with Crippen LogP contribution in [0.2, 0.25) is 0 Å². The van der Waals surface area contributed by atoms with E-state index in [0.29, 0.717) is 0 Å². The van der Waals surface area contributed by atoms with Crippen molar-refractivity contribution in [3.63, 3.8) is 0 Å². The van der Waals surface area contributed by atoms with Gasteiger partial charge in [0.15, 0.2) is 0 Å². The zero-order chi connectivity index (χ0) is 14.5. The summed E-state index contributed by atoms with van der Waals surface area (Å²) < 4.78 is 0. The molecule has 21 heavy (non-hydrogen) atoms. The molecule has 0 amide bonds. The molecule has 0 bridgehead atoms. The molecule has 1 heterocycles. The summed E-state index contributed by atoms with van der Waals surface area (Å²) in [5.74, 6) is 0.764. The van der Waals surface area contributed by atoms with Gasteiger partial charge in [-0.15, -0.1) is 0 Å². The molecule has 2 heteroatoms. The predicted molar refractivity (Wildman–Crippen MR) is 87.1 cm³/mol. The molecule has 2 aliphatic rings. The number of nitrogens with zero attached hydrogens (tertiary/aromatic N) is 1. The van der Waals surface area contributed by atoms with Crippen molar-refractivity contribution in [2.75, 3.05) is 13.1 Å². The highest BCUT2D eigenvalue weighted by Crippen LogP contribution is 2.35. The van der Waals surface area contributed by atoms with Gasteiger partial charge in [-0.25, -0.2) is 0 Å². The highest BCUT2D eigenvalue weighted by Gasteiger charge is 2.35. The fraction of sp³-hybridized carbons (Fsp3) is 0.684. The van der Waals surface area contributed by atoms with Crippen LogP contribution in [-0.4, -0.2) is 28.7 Å². The Balaban J connectivity index is 1.56. The number of benzene rings is 1. The van der Waals surface area contributed by atoms with Crippen LogP contribution in [0.5, 0.6) is 0 Å². The first-order valence-electron chi connectivity index (χ1n) is 8.72. The van der Waals surface area contributed by atoms with E-state index < -0.39 is 5.60 Å². The lowest BCUT2D eigenvalue weighted by Crippen LogP contribution is -2.48.